The largest absolute Gasteiger partial charge is 0.465 e. The van der Waals surface area contributed by atoms with Crippen molar-refractivity contribution >= 4 is 23.4 Å². The van der Waals surface area contributed by atoms with Gasteiger partial charge in [-0.1, -0.05) is 0 Å². The molecule has 2 rings (SSSR count). The number of nitrogens with one attached hydrogen (secondary N) is 2. The van der Waals surface area contributed by atoms with Crippen LogP contribution in [0.5, 0.6) is 0 Å². The summed E-state index contributed by atoms with van der Waals surface area (Å²) in [5, 5.41) is 12.8. The maximum Gasteiger partial charge on any atom is 0.416 e. The smallest absolute Gasteiger partial charge is 0.416 e. The monoisotopic (exact) mass is 342 g/mol. The van der Waals surface area contributed by atoms with Crippen molar-refractivity contribution in [3.05, 3.63) is 59.4 Å². The predicted molar refractivity (Wildman–Crippen MR) is 77.4 cm³/mol. The Morgan fingerprint density at radius 2 is 1.46 bits per heavy atom. The zero-order valence-electron chi connectivity index (χ0n) is 11.8. The summed E-state index contributed by atoms with van der Waals surface area (Å²) in [6, 6.07) is 6.81. The first kappa shape index (κ1) is 17.3. The Labute approximate surface area is 132 Å². The highest BCUT2D eigenvalue weighted by molar-refractivity contribution is 6.04. The summed E-state index contributed by atoms with van der Waals surface area (Å²) in [7, 11) is 0. The van der Waals surface area contributed by atoms with Gasteiger partial charge in [0.15, 0.2) is 0 Å². The molecule has 2 aromatic rings. The van der Waals surface area contributed by atoms with Crippen LogP contribution in [0.2, 0.25) is 0 Å². The average Bonchev–Trinajstić information content (AvgIpc) is 2.48. The third-order valence-electron chi connectivity index (χ3n) is 2.93. The fourth-order valence-corrected chi connectivity index (χ4v) is 1.83. The van der Waals surface area contributed by atoms with Crippen molar-refractivity contribution in [3.63, 3.8) is 0 Å². The summed E-state index contributed by atoms with van der Waals surface area (Å²) in [4.78, 5) is 22.4. The van der Waals surface area contributed by atoms with Crippen molar-refractivity contribution in [3.8, 4) is 0 Å². The second-order valence-electron chi connectivity index (χ2n) is 4.65. The van der Waals surface area contributed by atoms with Crippen molar-refractivity contribution < 1.29 is 32.3 Å². The van der Waals surface area contributed by atoms with Gasteiger partial charge in [-0.15, -0.1) is 0 Å². The van der Waals surface area contributed by atoms with E-state index in [1.165, 1.54) is 24.3 Å². The van der Waals surface area contributed by atoms with E-state index in [1.54, 1.807) is 0 Å². The predicted octanol–water partition coefficient (Wildman–Crippen LogP) is 4.19. The first-order valence-electron chi connectivity index (χ1n) is 6.45. The number of rotatable bonds is 3. The molecule has 0 saturated heterocycles. The summed E-state index contributed by atoms with van der Waals surface area (Å²) in [5.74, 6) is -2.15. The molecular weight excluding hydrogens is 332 g/mol. The Balaban J connectivity index is 2.19. The third-order valence-corrected chi connectivity index (χ3v) is 2.93. The van der Waals surface area contributed by atoms with Gasteiger partial charge in [0.05, 0.1) is 11.1 Å². The van der Waals surface area contributed by atoms with Gasteiger partial charge in [-0.3, -0.25) is 10.1 Å². The van der Waals surface area contributed by atoms with Gasteiger partial charge in [-0.05, 0) is 42.5 Å². The van der Waals surface area contributed by atoms with Crippen LogP contribution in [0.25, 0.3) is 0 Å². The minimum absolute atomic E-state index is 0.160. The molecular formula is C15H10F4N2O3. The molecule has 2 amide bonds. The first-order chi connectivity index (χ1) is 11.2. The van der Waals surface area contributed by atoms with Crippen molar-refractivity contribution in [2.45, 2.75) is 6.18 Å². The summed E-state index contributed by atoms with van der Waals surface area (Å²) in [5.41, 5.74) is -1.51. The van der Waals surface area contributed by atoms with Crippen molar-refractivity contribution in [2.75, 3.05) is 10.6 Å². The second kappa shape index (κ2) is 6.57. The molecule has 0 aliphatic rings. The number of carbonyl (C=O) groups excluding carboxylic acids is 1. The minimum Gasteiger partial charge on any atom is -0.465 e. The van der Waals surface area contributed by atoms with Gasteiger partial charge in [-0.2, -0.15) is 13.2 Å². The molecule has 0 saturated carbocycles. The van der Waals surface area contributed by atoms with Crippen LogP contribution in [-0.4, -0.2) is 17.1 Å². The van der Waals surface area contributed by atoms with E-state index in [4.69, 9.17) is 5.11 Å². The Bertz CT molecular complexity index is 773. The zero-order valence-corrected chi connectivity index (χ0v) is 11.8. The van der Waals surface area contributed by atoms with E-state index in [-0.39, 0.29) is 11.4 Å². The van der Waals surface area contributed by atoms with Crippen LogP contribution in [0, 0.1) is 5.82 Å². The maximum absolute atomic E-state index is 13.6. The van der Waals surface area contributed by atoms with E-state index in [1.807, 2.05) is 0 Å². The molecule has 0 radical (unpaired) electrons. The van der Waals surface area contributed by atoms with Crippen LogP contribution in [-0.2, 0) is 6.18 Å². The van der Waals surface area contributed by atoms with Crippen LogP contribution in [0.15, 0.2) is 42.5 Å². The SMILES string of the molecule is O=C(O)Nc1ccc(NC(=O)c2cc(C(F)(F)F)ccc2F)cc1. The van der Waals surface area contributed by atoms with Gasteiger partial charge in [0.2, 0.25) is 0 Å². The molecule has 0 spiro atoms. The van der Waals surface area contributed by atoms with E-state index in [0.717, 1.165) is 0 Å². The van der Waals surface area contributed by atoms with Crippen molar-refractivity contribution in [2.24, 2.45) is 0 Å². The Hall–Kier alpha value is -3.10. The van der Waals surface area contributed by atoms with Crippen molar-refractivity contribution in [1.82, 2.24) is 0 Å². The number of halogens is 4. The van der Waals surface area contributed by atoms with Gasteiger partial charge in [-0.25, -0.2) is 9.18 Å². The van der Waals surface area contributed by atoms with Gasteiger partial charge in [0, 0.05) is 11.4 Å². The van der Waals surface area contributed by atoms with Crippen LogP contribution >= 0.6 is 0 Å². The Morgan fingerprint density at radius 1 is 0.917 bits per heavy atom. The highest BCUT2D eigenvalue weighted by Gasteiger charge is 2.31. The lowest BCUT2D eigenvalue weighted by molar-refractivity contribution is -0.137. The summed E-state index contributed by atoms with van der Waals surface area (Å²) in [6.07, 6.45) is -5.98. The number of carboxylic acid groups (broad SMARTS) is 1. The van der Waals surface area contributed by atoms with E-state index in [2.05, 4.69) is 10.6 Å². The van der Waals surface area contributed by atoms with E-state index in [0.29, 0.717) is 18.2 Å². The molecule has 3 N–H and O–H groups in total. The standard InChI is InChI=1S/C15H10F4N2O3/c16-12-6-1-8(15(17,18)19)7-11(12)13(22)20-9-2-4-10(5-3-9)21-14(23)24/h1-7,21H,(H,20,22)(H,23,24). The second-order valence-corrected chi connectivity index (χ2v) is 4.65. The lowest BCUT2D eigenvalue weighted by atomic mass is 10.1. The lowest BCUT2D eigenvalue weighted by Gasteiger charge is -2.10. The molecule has 126 valence electrons. The van der Waals surface area contributed by atoms with Gasteiger partial charge in [0.1, 0.15) is 5.82 Å². The van der Waals surface area contributed by atoms with E-state index < -0.39 is 35.1 Å². The van der Waals surface area contributed by atoms with Gasteiger partial charge in [0.25, 0.3) is 5.91 Å². The number of hydrogen-bond donors (Lipinski definition) is 3. The average molecular weight is 342 g/mol. The number of carbonyl (C=O) groups is 2. The number of alkyl halides is 3. The summed E-state index contributed by atoms with van der Waals surface area (Å²) < 4.78 is 51.5. The topological polar surface area (TPSA) is 78.4 Å². The van der Waals surface area contributed by atoms with Crippen molar-refractivity contribution in [1.29, 1.82) is 0 Å². The summed E-state index contributed by atoms with van der Waals surface area (Å²) in [6.45, 7) is 0. The fourth-order valence-electron chi connectivity index (χ4n) is 1.83. The normalized spacial score (nSPS) is 11.0. The third kappa shape index (κ3) is 4.22. The molecule has 0 bridgehead atoms. The molecule has 0 aliphatic carbocycles. The quantitative estimate of drug-likeness (QED) is 0.732. The molecule has 24 heavy (non-hydrogen) atoms. The summed E-state index contributed by atoms with van der Waals surface area (Å²) >= 11 is 0. The van der Waals surface area contributed by atoms with Crippen LogP contribution in [0.3, 0.4) is 0 Å². The molecule has 0 atom stereocenters. The Morgan fingerprint density at radius 3 is 1.96 bits per heavy atom. The molecule has 0 aromatic heterocycles. The number of amides is 2. The van der Waals surface area contributed by atoms with Gasteiger partial charge < -0.3 is 10.4 Å². The maximum atomic E-state index is 13.6. The van der Waals surface area contributed by atoms with E-state index >= 15 is 0 Å². The van der Waals surface area contributed by atoms with Crippen LogP contribution in [0.4, 0.5) is 33.7 Å². The zero-order chi connectivity index (χ0) is 17.9. The molecule has 0 heterocycles. The number of anilines is 2. The molecule has 2 aromatic carbocycles. The van der Waals surface area contributed by atoms with E-state index in [9.17, 15) is 27.2 Å². The fraction of sp³-hybridized carbons (Fsp3) is 0.0667. The van der Waals surface area contributed by atoms with Gasteiger partial charge >= 0.3 is 12.3 Å². The van der Waals surface area contributed by atoms with Crippen LogP contribution < -0.4 is 10.6 Å². The highest BCUT2D eigenvalue weighted by Crippen LogP contribution is 2.30. The van der Waals surface area contributed by atoms with Crippen LogP contribution in [0.1, 0.15) is 15.9 Å². The molecule has 0 aliphatic heterocycles. The minimum atomic E-state index is -4.70. The highest BCUT2D eigenvalue weighted by atomic mass is 19.4. The first-order valence-corrected chi connectivity index (χ1v) is 6.45. The number of benzene rings is 2. The molecule has 0 fully saturated rings. The number of hydrogen-bond acceptors (Lipinski definition) is 2. The molecule has 5 nitrogen and oxygen atoms in total. The lowest BCUT2D eigenvalue weighted by Crippen LogP contribution is -2.16. The Kier molecular flexibility index (Phi) is 4.72. The molecule has 9 heteroatoms. The molecule has 0 unspecified atom stereocenters.